The number of nitrogen functional groups attached to an aromatic ring is 1. The maximum absolute atomic E-state index is 13.2. The van der Waals surface area contributed by atoms with Gasteiger partial charge in [-0.25, -0.2) is 4.39 Å². The van der Waals surface area contributed by atoms with E-state index in [4.69, 9.17) is 22.1 Å². The molecule has 2 nitrogen and oxygen atoms in total. The van der Waals surface area contributed by atoms with Crippen LogP contribution in [0.15, 0.2) is 42.5 Å². The number of rotatable bonds is 3. The van der Waals surface area contributed by atoms with Crippen molar-refractivity contribution in [3.05, 3.63) is 58.9 Å². The standard InChI is InChI=1S/C13H11ClFNO/c14-10-6-12(16)11(15)7-13(10)17-8-9-4-2-1-3-5-9/h1-7H,8,16H2. The fourth-order valence-electron chi connectivity index (χ4n) is 1.39. The molecule has 0 saturated carbocycles. The topological polar surface area (TPSA) is 35.2 Å². The summed E-state index contributed by atoms with van der Waals surface area (Å²) in [5.41, 5.74) is 6.38. The van der Waals surface area contributed by atoms with Gasteiger partial charge in [0.15, 0.2) is 0 Å². The van der Waals surface area contributed by atoms with Crippen molar-refractivity contribution in [2.75, 3.05) is 5.73 Å². The number of benzene rings is 2. The molecule has 2 aromatic carbocycles. The molecular formula is C13H11ClFNO. The zero-order chi connectivity index (χ0) is 12.3. The van der Waals surface area contributed by atoms with Crippen LogP contribution in [0.25, 0.3) is 0 Å². The molecule has 0 spiro atoms. The lowest BCUT2D eigenvalue weighted by Gasteiger charge is -2.09. The minimum atomic E-state index is -0.530. The van der Waals surface area contributed by atoms with E-state index in [1.54, 1.807) is 0 Å². The van der Waals surface area contributed by atoms with Crippen molar-refractivity contribution in [1.82, 2.24) is 0 Å². The van der Waals surface area contributed by atoms with Crippen molar-refractivity contribution in [3.8, 4) is 5.75 Å². The van der Waals surface area contributed by atoms with Gasteiger partial charge in [-0.05, 0) is 11.6 Å². The maximum atomic E-state index is 13.2. The number of hydrogen-bond acceptors (Lipinski definition) is 2. The fourth-order valence-corrected chi connectivity index (χ4v) is 1.62. The summed E-state index contributed by atoms with van der Waals surface area (Å²) in [4.78, 5) is 0. The fraction of sp³-hybridized carbons (Fsp3) is 0.0769. The number of anilines is 1. The maximum Gasteiger partial charge on any atom is 0.149 e. The molecule has 0 heterocycles. The summed E-state index contributed by atoms with van der Waals surface area (Å²) in [6.07, 6.45) is 0. The summed E-state index contributed by atoms with van der Waals surface area (Å²) >= 11 is 5.90. The van der Waals surface area contributed by atoms with Crippen LogP contribution in [0.3, 0.4) is 0 Å². The predicted molar refractivity (Wildman–Crippen MR) is 66.6 cm³/mol. The van der Waals surface area contributed by atoms with Gasteiger partial charge in [0.2, 0.25) is 0 Å². The highest BCUT2D eigenvalue weighted by Crippen LogP contribution is 2.29. The van der Waals surface area contributed by atoms with E-state index in [1.165, 1.54) is 12.1 Å². The van der Waals surface area contributed by atoms with Crippen LogP contribution in [0, 0.1) is 5.82 Å². The largest absolute Gasteiger partial charge is 0.487 e. The monoisotopic (exact) mass is 251 g/mol. The van der Waals surface area contributed by atoms with Crippen LogP contribution in [0.4, 0.5) is 10.1 Å². The van der Waals surface area contributed by atoms with Crippen LogP contribution in [0.5, 0.6) is 5.75 Å². The summed E-state index contributed by atoms with van der Waals surface area (Å²) in [5, 5.41) is 0.305. The van der Waals surface area contributed by atoms with Crippen LogP contribution in [-0.2, 0) is 6.61 Å². The number of ether oxygens (including phenoxy) is 1. The molecule has 0 fully saturated rings. The second kappa shape index (κ2) is 5.06. The molecule has 0 aliphatic heterocycles. The Kier molecular flexibility index (Phi) is 3.49. The van der Waals surface area contributed by atoms with Crippen molar-refractivity contribution in [3.63, 3.8) is 0 Å². The summed E-state index contributed by atoms with van der Waals surface area (Å²) < 4.78 is 18.7. The molecule has 2 rings (SSSR count). The summed E-state index contributed by atoms with van der Waals surface area (Å²) in [6.45, 7) is 0.337. The highest BCUT2D eigenvalue weighted by atomic mass is 35.5. The Bertz CT molecular complexity index is 516. The van der Waals surface area contributed by atoms with Crippen molar-refractivity contribution < 1.29 is 9.13 Å². The number of hydrogen-bond donors (Lipinski definition) is 1. The molecule has 0 radical (unpaired) electrons. The first-order valence-corrected chi connectivity index (χ1v) is 5.46. The first-order chi connectivity index (χ1) is 8.16. The molecule has 0 atom stereocenters. The van der Waals surface area contributed by atoms with Crippen LogP contribution >= 0.6 is 11.6 Å². The Morgan fingerprint density at radius 3 is 2.59 bits per heavy atom. The SMILES string of the molecule is Nc1cc(Cl)c(OCc2ccccc2)cc1F. The van der Waals surface area contributed by atoms with E-state index in [0.717, 1.165) is 5.56 Å². The van der Waals surface area contributed by atoms with Gasteiger partial charge in [-0.2, -0.15) is 0 Å². The van der Waals surface area contributed by atoms with Crippen molar-refractivity contribution in [2.24, 2.45) is 0 Å². The lowest BCUT2D eigenvalue weighted by molar-refractivity contribution is 0.305. The predicted octanol–water partition coefficient (Wildman–Crippen LogP) is 3.64. The Morgan fingerprint density at radius 2 is 1.88 bits per heavy atom. The van der Waals surface area contributed by atoms with Crippen molar-refractivity contribution in [2.45, 2.75) is 6.61 Å². The zero-order valence-corrected chi connectivity index (χ0v) is 9.75. The van der Waals surface area contributed by atoms with E-state index in [2.05, 4.69) is 0 Å². The molecule has 0 amide bonds. The molecule has 4 heteroatoms. The number of halogens is 2. The first-order valence-electron chi connectivity index (χ1n) is 5.08. The van der Waals surface area contributed by atoms with Gasteiger partial charge >= 0.3 is 0 Å². The highest BCUT2D eigenvalue weighted by Gasteiger charge is 2.07. The molecule has 0 saturated heterocycles. The van der Waals surface area contributed by atoms with Crippen molar-refractivity contribution in [1.29, 1.82) is 0 Å². The second-order valence-corrected chi connectivity index (χ2v) is 3.99. The van der Waals surface area contributed by atoms with E-state index in [0.29, 0.717) is 17.4 Å². The molecule has 17 heavy (non-hydrogen) atoms. The Hall–Kier alpha value is -1.74. The van der Waals surface area contributed by atoms with Crippen molar-refractivity contribution >= 4 is 17.3 Å². The molecular weight excluding hydrogens is 241 g/mol. The Labute approximate surface area is 104 Å². The Balaban J connectivity index is 2.12. The van der Waals surface area contributed by atoms with Gasteiger partial charge in [0.25, 0.3) is 0 Å². The highest BCUT2D eigenvalue weighted by molar-refractivity contribution is 6.32. The van der Waals surface area contributed by atoms with Gasteiger partial charge < -0.3 is 10.5 Å². The molecule has 0 aliphatic rings. The molecule has 2 aromatic rings. The van der Waals surface area contributed by atoms with Crippen LogP contribution in [0.2, 0.25) is 5.02 Å². The van der Waals surface area contributed by atoms with Gasteiger partial charge in [0.1, 0.15) is 18.2 Å². The van der Waals surface area contributed by atoms with Gasteiger partial charge in [-0.15, -0.1) is 0 Å². The summed E-state index contributed by atoms with van der Waals surface area (Å²) in [6, 6.07) is 12.1. The normalized spacial score (nSPS) is 10.2. The molecule has 0 unspecified atom stereocenters. The molecule has 0 aliphatic carbocycles. The minimum Gasteiger partial charge on any atom is -0.487 e. The number of nitrogens with two attached hydrogens (primary N) is 1. The van der Waals surface area contributed by atoms with E-state index < -0.39 is 5.82 Å². The Morgan fingerprint density at radius 1 is 1.18 bits per heavy atom. The third-order valence-electron chi connectivity index (χ3n) is 2.29. The zero-order valence-electron chi connectivity index (χ0n) is 8.99. The first kappa shape index (κ1) is 11.7. The van der Waals surface area contributed by atoms with Gasteiger partial charge in [0.05, 0.1) is 10.7 Å². The minimum absolute atomic E-state index is 0.0158. The molecule has 0 aromatic heterocycles. The molecule has 88 valence electrons. The van der Waals surface area contributed by atoms with Gasteiger partial charge in [-0.1, -0.05) is 41.9 Å². The van der Waals surface area contributed by atoms with E-state index in [9.17, 15) is 4.39 Å². The van der Waals surface area contributed by atoms with E-state index in [-0.39, 0.29) is 5.69 Å². The van der Waals surface area contributed by atoms with Crippen LogP contribution in [0.1, 0.15) is 5.56 Å². The second-order valence-electron chi connectivity index (χ2n) is 3.58. The summed E-state index contributed by atoms with van der Waals surface area (Å²) in [7, 11) is 0. The van der Waals surface area contributed by atoms with Gasteiger partial charge in [0, 0.05) is 6.07 Å². The lowest BCUT2D eigenvalue weighted by atomic mass is 10.2. The smallest absolute Gasteiger partial charge is 0.149 e. The van der Waals surface area contributed by atoms with Crippen LogP contribution < -0.4 is 10.5 Å². The molecule has 2 N–H and O–H groups in total. The third kappa shape index (κ3) is 2.88. The molecule has 0 bridgehead atoms. The van der Waals surface area contributed by atoms with E-state index >= 15 is 0 Å². The average molecular weight is 252 g/mol. The van der Waals surface area contributed by atoms with E-state index in [1.807, 2.05) is 30.3 Å². The summed E-state index contributed by atoms with van der Waals surface area (Å²) in [5.74, 6) is -0.236. The average Bonchev–Trinajstić information content (AvgIpc) is 2.33. The lowest BCUT2D eigenvalue weighted by Crippen LogP contribution is -1.98. The third-order valence-corrected chi connectivity index (χ3v) is 2.58. The van der Waals surface area contributed by atoms with Gasteiger partial charge in [-0.3, -0.25) is 0 Å². The quantitative estimate of drug-likeness (QED) is 0.846. The van der Waals surface area contributed by atoms with Crippen LogP contribution in [-0.4, -0.2) is 0 Å².